The summed E-state index contributed by atoms with van der Waals surface area (Å²) in [6, 6.07) is 9.98. The first-order valence-electron chi connectivity index (χ1n) is 9.29. The first-order chi connectivity index (χ1) is 12.8. The summed E-state index contributed by atoms with van der Waals surface area (Å²) in [7, 11) is 4.18. The van der Waals surface area contributed by atoms with Crippen molar-refractivity contribution in [1.29, 1.82) is 0 Å². The van der Waals surface area contributed by atoms with Crippen molar-refractivity contribution in [2.75, 3.05) is 14.1 Å². The van der Waals surface area contributed by atoms with Gasteiger partial charge in [0.15, 0.2) is 0 Å². The van der Waals surface area contributed by atoms with E-state index in [4.69, 9.17) is 34.8 Å². The molecule has 0 radical (unpaired) electrons. The number of alkyl halides is 1. The number of carbonyl (C=O) groups excluding carboxylic acids is 1. The lowest BCUT2D eigenvalue weighted by Gasteiger charge is -2.44. The zero-order valence-electron chi connectivity index (χ0n) is 15.6. The molecule has 3 nitrogen and oxygen atoms in total. The Hall–Kier alpha value is -1.00. The maximum atomic E-state index is 13.2. The summed E-state index contributed by atoms with van der Waals surface area (Å²) < 4.78 is 0. The summed E-state index contributed by atoms with van der Waals surface area (Å²) in [5, 5.41) is 3.70. The Morgan fingerprint density at radius 2 is 1.81 bits per heavy atom. The van der Waals surface area contributed by atoms with Crippen LogP contribution in [0.1, 0.15) is 43.7 Å². The van der Waals surface area contributed by atoms with Gasteiger partial charge in [-0.05, 0) is 38.6 Å². The summed E-state index contributed by atoms with van der Waals surface area (Å²) in [4.78, 5) is 15.4. The fourth-order valence-corrected chi connectivity index (χ4v) is 5.47. The molecule has 1 amide bonds. The summed E-state index contributed by atoms with van der Waals surface area (Å²) in [6.45, 7) is 0. The molecule has 0 aliphatic heterocycles. The third-order valence-electron chi connectivity index (χ3n) is 5.74. The number of hydrogen-bond donors (Lipinski definition) is 1. The normalized spacial score (nSPS) is 23.3. The molecule has 0 spiro atoms. The molecule has 0 heterocycles. The van der Waals surface area contributed by atoms with Crippen molar-refractivity contribution in [2.24, 2.45) is 0 Å². The van der Waals surface area contributed by atoms with E-state index in [9.17, 15) is 4.79 Å². The highest BCUT2D eigenvalue weighted by molar-refractivity contribution is 6.41. The lowest BCUT2D eigenvalue weighted by Crippen LogP contribution is -2.53. The Kier molecular flexibility index (Phi) is 6.58. The van der Waals surface area contributed by atoms with Gasteiger partial charge in [0.05, 0.1) is 22.0 Å². The zero-order valence-corrected chi connectivity index (χ0v) is 17.9. The molecule has 1 saturated carbocycles. The van der Waals surface area contributed by atoms with Crippen LogP contribution in [0.2, 0.25) is 0 Å². The zero-order chi connectivity index (χ0) is 19.6. The van der Waals surface area contributed by atoms with E-state index in [0.29, 0.717) is 22.1 Å². The van der Waals surface area contributed by atoms with Crippen LogP contribution in [0.25, 0.3) is 0 Å². The molecule has 2 atom stereocenters. The number of allylic oxidation sites excluding steroid dienone is 2. The summed E-state index contributed by atoms with van der Waals surface area (Å²) >= 11 is 18.8. The van der Waals surface area contributed by atoms with Crippen molar-refractivity contribution in [3.05, 3.63) is 57.6 Å². The Bertz CT molecular complexity index is 752. The van der Waals surface area contributed by atoms with E-state index < -0.39 is 0 Å². The molecule has 1 aromatic carbocycles. The molecule has 2 unspecified atom stereocenters. The molecule has 0 aromatic heterocycles. The van der Waals surface area contributed by atoms with Crippen LogP contribution in [0.15, 0.2) is 52.0 Å². The molecule has 1 fully saturated rings. The van der Waals surface area contributed by atoms with E-state index in [2.05, 4.69) is 36.4 Å². The summed E-state index contributed by atoms with van der Waals surface area (Å²) in [6.07, 6.45) is 6.44. The van der Waals surface area contributed by atoms with Crippen LogP contribution < -0.4 is 5.32 Å². The second-order valence-electron chi connectivity index (χ2n) is 7.54. The maximum absolute atomic E-state index is 13.2. The van der Waals surface area contributed by atoms with Gasteiger partial charge < -0.3 is 10.2 Å². The minimum atomic E-state index is -0.283. The second kappa shape index (κ2) is 8.57. The standard InChI is InChI=1S/C21H25Cl3N2O/c1-26(2)21(10-6-7-11-21)19(14-8-4-3-5-9-14)25-20(27)18-16(23)12-15(22)13-17(18)24/h3-5,8-9,12,15,19H,6-7,10-11,13H2,1-2H3,(H,25,27). The molecule has 27 heavy (non-hydrogen) atoms. The number of halogens is 3. The molecule has 0 bridgehead atoms. The number of hydrogen-bond acceptors (Lipinski definition) is 2. The number of nitrogens with one attached hydrogen (secondary N) is 1. The smallest absolute Gasteiger partial charge is 0.254 e. The summed E-state index contributed by atoms with van der Waals surface area (Å²) in [5.74, 6) is -0.244. The maximum Gasteiger partial charge on any atom is 0.254 e. The van der Waals surface area contributed by atoms with Crippen LogP contribution in [0.4, 0.5) is 0 Å². The second-order valence-corrected chi connectivity index (χ2v) is 8.96. The van der Waals surface area contributed by atoms with E-state index in [1.807, 2.05) is 18.2 Å². The molecule has 146 valence electrons. The third kappa shape index (κ3) is 4.22. The van der Waals surface area contributed by atoms with Crippen LogP contribution >= 0.6 is 34.8 Å². The minimum absolute atomic E-state index is 0.135. The predicted molar refractivity (Wildman–Crippen MR) is 113 cm³/mol. The highest BCUT2D eigenvalue weighted by atomic mass is 35.5. The van der Waals surface area contributed by atoms with Crippen molar-refractivity contribution in [1.82, 2.24) is 10.2 Å². The quantitative estimate of drug-likeness (QED) is 0.643. The largest absolute Gasteiger partial charge is 0.343 e. The SMILES string of the molecule is CN(C)C1(C(NC(=O)C2=C(Cl)CC(Cl)C=C2Cl)c2ccccc2)CCCC1. The first-order valence-corrected chi connectivity index (χ1v) is 10.5. The Morgan fingerprint density at radius 1 is 1.19 bits per heavy atom. The van der Waals surface area contributed by atoms with Crippen LogP contribution in [-0.4, -0.2) is 35.8 Å². The molecule has 1 N–H and O–H groups in total. The van der Waals surface area contributed by atoms with Gasteiger partial charge in [-0.15, -0.1) is 11.6 Å². The molecule has 6 heteroatoms. The topological polar surface area (TPSA) is 32.3 Å². The Balaban J connectivity index is 1.97. The minimum Gasteiger partial charge on any atom is -0.343 e. The van der Waals surface area contributed by atoms with Crippen molar-refractivity contribution in [2.45, 2.75) is 49.1 Å². The van der Waals surface area contributed by atoms with Gasteiger partial charge in [-0.25, -0.2) is 0 Å². The van der Waals surface area contributed by atoms with Crippen LogP contribution in [-0.2, 0) is 4.79 Å². The highest BCUT2D eigenvalue weighted by Gasteiger charge is 2.45. The lowest BCUT2D eigenvalue weighted by molar-refractivity contribution is -0.119. The van der Waals surface area contributed by atoms with Gasteiger partial charge in [0.2, 0.25) is 0 Å². The van der Waals surface area contributed by atoms with E-state index in [0.717, 1.165) is 31.2 Å². The fourth-order valence-electron chi connectivity index (χ4n) is 4.29. The van der Waals surface area contributed by atoms with E-state index in [1.54, 1.807) is 6.08 Å². The third-order valence-corrected chi connectivity index (χ3v) is 6.68. The van der Waals surface area contributed by atoms with E-state index in [-0.39, 0.29) is 22.9 Å². The Morgan fingerprint density at radius 3 is 2.37 bits per heavy atom. The number of likely N-dealkylation sites (N-methyl/N-ethyl adjacent to an activating group) is 1. The van der Waals surface area contributed by atoms with Gasteiger partial charge in [0, 0.05) is 17.0 Å². The number of amides is 1. The van der Waals surface area contributed by atoms with Crippen LogP contribution in [0, 0.1) is 0 Å². The van der Waals surface area contributed by atoms with E-state index >= 15 is 0 Å². The van der Waals surface area contributed by atoms with Crippen molar-refractivity contribution in [3.63, 3.8) is 0 Å². The van der Waals surface area contributed by atoms with Gasteiger partial charge >= 0.3 is 0 Å². The fraction of sp³-hybridized carbons (Fsp3) is 0.476. The predicted octanol–water partition coefficient (Wildman–Crippen LogP) is 5.35. The molecule has 2 aliphatic rings. The molecule has 1 aromatic rings. The van der Waals surface area contributed by atoms with Crippen molar-refractivity contribution >= 4 is 40.7 Å². The molecule has 2 aliphatic carbocycles. The number of nitrogens with zero attached hydrogens (tertiary/aromatic N) is 1. The van der Waals surface area contributed by atoms with Crippen molar-refractivity contribution in [3.8, 4) is 0 Å². The van der Waals surface area contributed by atoms with Crippen LogP contribution in [0.5, 0.6) is 0 Å². The van der Waals surface area contributed by atoms with Crippen LogP contribution in [0.3, 0.4) is 0 Å². The molecular weight excluding hydrogens is 403 g/mol. The number of benzene rings is 1. The molecule has 3 rings (SSSR count). The van der Waals surface area contributed by atoms with Gasteiger partial charge in [-0.3, -0.25) is 4.79 Å². The Labute approximate surface area is 176 Å². The van der Waals surface area contributed by atoms with E-state index in [1.165, 1.54) is 0 Å². The van der Waals surface area contributed by atoms with Gasteiger partial charge in [0.1, 0.15) is 0 Å². The lowest BCUT2D eigenvalue weighted by atomic mass is 9.82. The average Bonchev–Trinajstić information content (AvgIpc) is 3.10. The monoisotopic (exact) mass is 426 g/mol. The van der Waals surface area contributed by atoms with Crippen molar-refractivity contribution < 1.29 is 4.79 Å². The molecular formula is C21H25Cl3N2O. The van der Waals surface area contributed by atoms with Gasteiger partial charge in [-0.1, -0.05) is 66.4 Å². The average molecular weight is 428 g/mol. The first kappa shape index (κ1) is 20.7. The number of rotatable bonds is 5. The number of carbonyl (C=O) groups is 1. The molecule has 0 saturated heterocycles. The van der Waals surface area contributed by atoms with Gasteiger partial charge in [0.25, 0.3) is 5.91 Å². The summed E-state index contributed by atoms with van der Waals surface area (Å²) in [5.41, 5.74) is 1.29. The highest BCUT2D eigenvalue weighted by Crippen LogP contribution is 2.44. The van der Waals surface area contributed by atoms with Gasteiger partial charge in [-0.2, -0.15) is 0 Å².